The van der Waals surface area contributed by atoms with Crippen molar-refractivity contribution in [3.05, 3.63) is 60.2 Å². The minimum Gasteiger partial charge on any atom is -0.494 e. The Hall–Kier alpha value is -2.70. The molecule has 1 saturated heterocycles. The number of anilines is 1. The summed E-state index contributed by atoms with van der Waals surface area (Å²) < 4.78 is 5.53. The van der Waals surface area contributed by atoms with Crippen LogP contribution in [0.1, 0.15) is 31.4 Å². The van der Waals surface area contributed by atoms with Gasteiger partial charge in [0.05, 0.1) is 30.9 Å². The number of amides is 2. The number of nitrogens with one attached hydrogen (secondary N) is 1. The van der Waals surface area contributed by atoms with Gasteiger partial charge in [0.15, 0.2) is 0 Å². The molecule has 0 saturated carbocycles. The van der Waals surface area contributed by atoms with Gasteiger partial charge in [-0.1, -0.05) is 37.3 Å². The molecule has 2 N–H and O–H groups in total. The Bertz CT molecular complexity index is 777. The van der Waals surface area contributed by atoms with Crippen molar-refractivity contribution in [1.29, 1.82) is 0 Å². The highest BCUT2D eigenvalue weighted by Crippen LogP contribution is 2.25. The number of nitrogens with zero attached hydrogens (tertiary/aromatic N) is 1. The zero-order valence-electron chi connectivity index (χ0n) is 15.3. The molecular weight excluding hydrogens is 344 g/mol. The molecule has 2 aromatic rings. The Morgan fingerprint density at radius 2 is 1.85 bits per heavy atom. The Labute approximate surface area is 158 Å². The number of aliphatic hydroxyl groups excluding tert-OH is 1. The summed E-state index contributed by atoms with van der Waals surface area (Å²) in [6.45, 7) is 2.85. The zero-order chi connectivity index (χ0) is 19.2. The van der Waals surface area contributed by atoms with Gasteiger partial charge in [-0.05, 0) is 36.2 Å². The molecule has 1 fully saturated rings. The molecule has 2 amide bonds. The highest BCUT2D eigenvalue weighted by molar-refractivity contribution is 6.22. The Balaban J connectivity index is 1.61. The lowest BCUT2D eigenvalue weighted by Gasteiger charge is -2.17. The predicted molar refractivity (Wildman–Crippen MR) is 103 cm³/mol. The van der Waals surface area contributed by atoms with E-state index in [1.807, 2.05) is 37.3 Å². The van der Waals surface area contributed by atoms with E-state index in [0.29, 0.717) is 18.0 Å². The second-order valence-electron chi connectivity index (χ2n) is 6.50. The van der Waals surface area contributed by atoms with Crippen molar-refractivity contribution in [1.82, 2.24) is 5.32 Å². The van der Waals surface area contributed by atoms with Crippen LogP contribution in [0.4, 0.5) is 5.69 Å². The molecule has 142 valence electrons. The van der Waals surface area contributed by atoms with Gasteiger partial charge in [0.1, 0.15) is 5.75 Å². The van der Waals surface area contributed by atoms with E-state index in [9.17, 15) is 14.7 Å². The third kappa shape index (κ3) is 4.53. The number of carbonyl (C=O) groups excluding carboxylic acids is 2. The normalized spacial score (nSPS) is 18.0. The van der Waals surface area contributed by atoms with Crippen LogP contribution in [-0.4, -0.2) is 36.1 Å². The van der Waals surface area contributed by atoms with Crippen LogP contribution < -0.4 is 15.0 Å². The summed E-state index contributed by atoms with van der Waals surface area (Å²) in [6, 6.07) is 15.5. The summed E-state index contributed by atoms with van der Waals surface area (Å²) in [6.07, 6.45) is 0.250. The SMILES string of the molecule is CCCOc1ccc(N2C(=O)C[C@H](NC[C@H](O)c3ccccc3)C2=O)cc1. The fraction of sp³-hybridized carbons (Fsp3) is 0.333. The standard InChI is InChI=1S/C21H24N2O4/c1-2-12-27-17-10-8-16(9-11-17)23-20(25)13-18(21(23)26)22-14-19(24)15-6-4-3-5-7-15/h3-11,18-19,22,24H,2,12-14H2,1H3/t18-,19-/m0/s1. The molecule has 27 heavy (non-hydrogen) atoms. The molecule has 1 heterocycles. The van der Waals surface area contributed by atoms with Gasteiger partial charge in [0.2, 0.25) is 5.91 Å². The third-order valence-electron chi connectivity index (χ3n) is 4.46. The average molecular weight is 368 g/mol. The highest BCUT2D eigenvalue weighted by atomic mass is 16.5. The van der Waals surface area contributed by atoms with Crippen molar-refractivity contribution in [2.45, 2.75) is 31.9 Å². The maximum absolute atomic E-state index is 12.7. The first-order valence-corrected chi connectivity index (χ1v) is 9.16. The first-order valence-electron chi connectivity index (χ1n) is 9.16. The summed E-state index contributed by atoms with van der Waals surface area (Å²) >= 11 is 0. The van der Waals surface area contributed by atoms with E-state index in [1.54, 1.807) is 24.3 Å². The summed E-state index contributed by atoms with van der Waals surface area (Å²) in [5, 5.41) is 13.2. The van der Waals surface area contributed by atoms with Crippen LogP contribution in [0, 0.1) is 0 Å². The van der Waals surface area contributed by atoms with Gasteiger partial charge in [-0.3, -0.25) is 9.59 Å². The quantitative estimate of drug-likeness (QED) is 0.700. The zero-order valence-corrected chi connectivity index (χ0v) is 15.3. The van der Waals surface area contributed by atoms with Gasteiger partial charge in [0, 0.05) is 6.54 Å². The average Bonchev–Trinajstić information content (AvgIpc) is 2.99. The first-order chi connectivity index (χ1) is 13.1. The van der Waals surface area contributed by atoms with Crippen molar-refractivity contribution < 1.29 is 19.4 Å². The second-order valence-corrected chi connectivity index (χ2v) is 6.50. The number of hydrogen-bond acceptors (Lipinski definition) is 5. The molecule has 0 bridgehead atoms. The topological polar surface area (TPSA) is 78.9 Å². The van der Waals surface area contributed by atoms with E-state index in [-0.39, 0.29) is 24.8 Å². The largest absolute Gasteiger partial charge is 0.494 e. The van der Waals surface area contributed by atoms with Crippen LogP contribution in [0.3, 0.4) is 0 Å². The number of benzene rings is 2. The maximum atomic E-state index is 12.7. The van der Waals surface area contributed by atoms with E-state index in [2.05, 4.69) is 5.32 Å². The molecule has 0 spiro atoms. The Kier molecular flexibility index (Phi) is 6.21. The van der Waals surface area contributed by atoms with Crippen LogP contribution in [-0.2, 0) is 9.59 Å². The number of ether oxygens (including phenoxy) is 1. The lowest BCUT2D eigenvalue weighted by molar-refractivity contribution is -0.121. The Morgan fingerprint density at radius 1 is 1.15 bits per heavy atom. The van der Waals surface area contributed by atoms with Crippen LogP contribution in [0.25, 0.3) is 0 Å². The molecule has 1 aliphatic rings. The van der Waals surface area contributed by atoms with Gasteiger partial charge in [-0.15, -0.1) is 0 Å². The van der Waals surface area contributed by atoms with Gasteiger partial charge >= 0.3 is 0 Å². The van der Waals surface area contributed by atoms with Crippen molar-refractivity contribution in [3.63, 3.8) is 0 Å². The van der Waals surface area contributed by atoms with Crippen molar-refractivity contribution in [3.8, 4) is 5.75 Å². The van der Waals surface area contributed by atoms with Gasteiger partial charge in [0.25, 0.3) is 5.91 Å². The van der Waals surface area contributed by atoms with E-state index in [4.69, 9.17) is 4.74 Å². The number of aliphatic hydroxyl groups is 1. The number of hydrogen-bond donors (Lipinski definition) is 2. The summed E-state index contributed by atoms with van der Waals surface area (Å²) in [7, 11) is 0. The van der Waals surface area contributed by atoms with Gasteiger partial charge in [-0.2, -0.15) is 0 Å². The Morgan fingerprint density at radius 3 is 2.52 bits per heavy atom. The fourth-order valence-corrected chi connectivity index (χ4v) is 3.02. The van der Waals surface area contributed by atoms with E-state index >= 15 is 0 Å². The molecule has 2 aromatic carbocycles. The third-order valence-corrected chi connectivity index (χ3v) is 4.46. The number of imide groups is 1. The molecule has 6 heteroatoms. The monoisotopic (exact) mass is 368 g/mol. The number of rotatable bonds is 8. The molecule has 0 aromatic heterocycles. The lowest BCUT2D eigenvalue weighted by Crippen LogP contribution is -2.40. The second kappa shape index (κ2) is 8.79. The smallest absolute Gasteiger partial charge is 0.251 e. The van der Waals surface area contributed by atoms with Gasteiger partial charge in [-0.25, -0.2) is 4.90 Å². The summed E-state index contributed by atoms with van der Waals surface area (Å²) in [5.41, 5.74) is 1.29. The summed E-state index contributed by atoms with van der Waals surface area (Å²) in [5.74, 6) is 0.150. The van der Waals surface area contributed by atoms with Crippen LogP contribution >= 0.6 is 0 Å². The molecule has 0 unspecified atom stereocenters. The number of carbonyl (C=O) groups is 2. The van der Waals surface area contributed by atoms with Crippen molar-refractivity contribution in [2.24, 2.45) is 0 Å². The van der Waals surface area contributed by atoms with Crippen molar-refractivity contribution in [2.75, 3.05) is 18.1 Å². The van der Waals surface area contributed by atoms with E-state index in [0.717, 1.165) is 12.0 Å². The van der Waals surface area contributed by atoms with E-state index in [1.165, 1.54) is 4.90 Å². The predicted octanol–water partition coefficient (Wildman–Crippen LogP) is 2.43. The minimum absolute atomic E-state index is 0.0778. The first kappa shape index (κ1) is 19.1. The van der Waals surface area contributed by atoms with Crippen LogP contribution in [0.15, 0.2) is 54.6 Å². The minimum atomic E-state index is -0.738. The fourth-order valence-electron chi connectivity index (χ4n) is 3.02. The van der Waals surface area contributed by atoms with Gasteiger partial charge < -0.3 is 15.2 Å². The highest BCUT2D eigenvalue weighted by Gasteiger charge is 2.39. The molecule has 1 aliphatic heterocycles. The molecule has 2 atom stereocenters. The molecule has 6 nitrogen and oxygen atoms in total. The molecule has 0 aliphatic carbocycles. The van der Waals surface area contributed by atoms with E-state index < -0.39 is 12.1 Å². The maximum Gasteiger partial charge on any atom is 0.251 e. The molecule has 3 rings (SSSR count). The van der Waals surface area contributed by atoms with Crippen molar-refractivity contribution >= 4 is 17.5 Å². The summed E-state index contributed by atoms with van der Waals surface area (Å²) in [4.78, 5) is 26.2. The molecular formula is C21H24N2O4. The lowest BCUT2D eigenvalue weighted by atomic mass is 10.1. The van der Waals surface area contributed by atoms with Crippen LogP contribution in [0.2, 0.25) is 0 Å². The molecule has 0 radical (unpaired) electrons. The van der Waals surface area contributed by atoms with Crippen LogP contribution in [0.5, 0.6) is 5.75 Å².